The van der Waals surface area contributed by atoms with Gasteiger partial charge in [-0.3, -0.25) is 14.9 Å². The number of carbonyl (C=O) groups is 1. The van der Waals surface area contributed by atoms with Gasteiger partial charge in [-0.2, -0.15) is 0 Å². The molecule has 1 atom stereocenters. The number of nitrogens with zero attached hydrogens (tertiary/aromatic N) is 2. The number of likely N-dealkylation sites (tertiary alicyclic amines) is 1. The van der Waals surface area contributed by atoms with Crippen LogP contribution >= 0.6 is 0 Å². The van der Waals surface area contributed by atoms with Crippen LogP contribution in [0.5, 0.6) is 11.5 Å². The standard InChI is InChI=1S/C19H18N2O5/c22-19(13-3-6-15(7-4-13)21(23)24)20-9-1-2-16(20)14-5-8-17-18(12-14)26-11-10-25-17/h3-8,12,16H,1-2,9-11H2/t16-/m0/s1. The van der Waals surface area contributed by atoms with E-state index in [-0.39, 0.29) is 17.6 Å². The van der Waals surface area contributed by atoms with E-state index in [1.54, 1.807) is 0 Å². The summed E-state index contributed by atoms with van der Waals surface area (Å²) in [5, 5.41) is 10.8. The van der Waals surface area contributed by atoms with Crippen LogP contribution in [-0.2, 0) is 0 Å². The summed E-state index contributed by atoms with van der Waals surface area (Å²) in [7, 11) is 0. The molecule has 2 aliphatic heterocycles. The molecule has 0 bridgehead atoms. The smallest absolute Gasteiger partial charge is 0.269 e. The summed E-state index contributed by atoms with van der Waals surface area (Å²) < 4.78 is 11.2. The van der Waals surface area contributed by atoms with Crippen molar-refractivity contribution in [1.82, 2.24) is 4.90 Å². The third-order valence-electron chi connectivity index (χ3n) is 4.79. The minimum Gasteiger partial charge on any atom is -0.486 e. The van der Waals surface area contributed by atoms with Crippen molar-refractivity contribution in [2.75, 3.05) is 19.8 Å². The first kappa shape index (κ1) is 16.4. The van der Waals surface area contributed by atoms with Gasteiger partial charge in [0.2, 0.25) is 0 Å². The molecule has 2 heterocycles. The normalized spacial score (nSPS) is 18.6. The van der Waals surface area contributed by atoms with E-state index < -0.39 is 4.92 Å². The number of amides is 1. The van der Waals surface area contributed by atoms with Crippen molar-refractivity contribution in [2.24, 2.45) is 0 Å². The summed E-state index contributed by atoms with van der Waals surface area (Å²) in [5.74, 6) is 1.33. The average molecular weight is 354 g/mol. The van der Waals surface area contributed by atoms with Gasteiger partial charge in [0.25, 0.3) is 11.6 Å². The summed E-state index contributed by atoms with van der Waals surface area (Å²) >= 11 is 0. The van der Waals surface area contributed by atoms with E-state index in [2.05, 4.69) is 0 Å². The minimum absolute atomic E-state index is 0.0219. The Morgan fingerprint density at radius 2 is 1.81 bits per heavy atom. The lowest BCUT2D eigenvalue weighted by Gasteiger charge is -2.27. The Kier molecular flexibility index (Phi) is 4.20. The predicted molar refractivity (Wildman–Crippen MR) is 93.5 cm³/mol. The molecule has 4 rings (SSSR count). The van der Waals surface area contributed by atoms with E-state index in [1.165, 1.54) is 24.3 Å². The average Bonchev–Trinajstić information content (AvgIpc) is 3.17. The lowest BCUT2D eigenvalue weighted by Crippen LogP contribution is -2.30. The van der Waals surface area contributed by atoms with Crippen LogP contribution in [0.3, 0.4) is 0 Å². The molecule has 7 heteroatoms. The Bertz CT molecular complexity index is 850. The number of benzene rings is 2. The largest absolute Gasteiger partial charge is 0.486 e. The number of nitro groups is 1. The monoisotopic (exact) mass is 354 g/mol. The van der Waals surface area contributed by atoms with E-state index in [4.69, 9.17) is 9.47 Å². The number of hydrogen-bond acceptors (Lipinski definition) is 5. The van der Waals surface area contributed by atoms with Gasteiger partial charge >= 0.3 is 0 Å². The number of rotatable bonds is 3. The Hall–Kier alpha value is -3.09. The van der Waals surface area contributed by atoms with E-state index in [0.29, 0.717) is 31.1 Å². The molecule has 134 valence electrons. The highest BCUT2D eigenvalue weighted by Gasteiger charge is 2.31. The van der Waals surface area contributed by atoms with Gasteiger partial charge in [-0.05, 0) is 42.7 Å². The first-order valence-corrected chi connectivity index (χ1v) is 8.58. The number of non-ortho nitro benzene ring substituents is 1. The van der Waals surface area contributed by atoms with Crippen LogP contribution in [0.4, 0.5) is 5.69 Å². The second-order valence-electron chi connectivity index (χ2n) is 6.36. The van der Waals surface area contributed by atoms with Gasteiger partial charge < -0.3 is 14.4 Å². The quantitative estimate of drug-likeness (QED) is 0.624. The zero-order valence-corrected chi connectivity index (χ0v) is 14.1. The van der Waals surface area contributed by atoms with E-state index in [9.17, 15) is 14.9 Å². The number of carbonyl (C=O) groups excluding carboxylic acids is 1. The van der Waals surface area contributed by atoms with Crippen LogP contribution in [0.25, 0.3) is 0 Å². The van der Waals surface area contributed by atoms with E-state index in [0.717, 1.165) is 24.2 Å². The molecule has 2 aromatic carbocycles. The minimum atomic E-state index is -0.470. The molecular formula is C19H18N2O5. The first-order valence-electron chi connectivity index (χ1n) is 8.58. The Balaban J connectivity index is 1.58. The van der Waals surface area contributed by atoms with Gasteiger partial charge in [0.15, 0.2) is 11.5 Å². The summed E-state index contributed by atoms with van der Waals surface area (Å²) in [6.07, 6.45) is 1.79. The number of ether oxygens (including phenoxy) is 2. The Labute approximate surface area is 150 Å². The highest BCUT2D eigenvalue weighted by Crippen LogP contribution is 2.38. The predicted octanol–water partition coefficient (Wildman–Crippen LogP) is 3.34. The van der Waals surface area contributed by atoms with Crippen LogP contribution in [0, 0.1) is 10.1 Å². The van der Waals surface area contributed by atoms with Crippen molar-refractivity contribution in [1.29, 1.82) is 0 Å². The number of fused-ring (bicyclic) bond motifs is 1. The molecule has 0 aliphatic carbocycles. The second kappa shape index (κ2) is 6.67. The number of nitro benzene ring substituents is 1. The van der Waals surface area contributed by atoms with E-state index in [1.807, 2.05) is 23.1 Å². The molecule has 0 spiro atoms. The van der Waals surface area contributed by atoms with Gasteiger partial charge in [-0.25, -0.2) is 0 Å². The highest BCUT2D eigenvalue weighted by atomic mass is 16.6. The molecule has 2 aromatic rings. The topological polar surface area (TPSA) is 81.9 Å². The molecule has 0 aromatic heterocycles. The van der Waals surface area contributed by atoms with Crippen LogP contribution < -0.4 is 9.47 Å². The molecule has 0 N–H and O–H groups in total. The maximum Gasteiger partial charge on any atom is 0.269 e. The SMILES string of the molecule is O=C(c1ccc([N+](=O)[O-])cc1)N1CCC[C@H]1c1ccc2c(c1)OCCO2. The van der Waals surface area contributed by atoms with E-state index >= 15 is 0 Å². The van der Waals surface area contributed by atoms with Gasteiger partial charge in [-0.1, -0.05) is 6.07 Å². The molecule has 0 saturated carbocycles. The maximum absolute atomic E-state index is 12.9. The summed E-state index contributed by atoms with van der Waals surface area (Å²) in [5.41, 5.74) is 1.45. The Morgan fingerprint density at radius 3 is 2.54 bits per heavy atom. The highest BCUT2D eigenvalue weighted by molar-refractivity contribution is 5.95. The molecule has 0 unspecified atom stereocenters. The summed E-state index contributed by atoms with van der Waals surface area (Å²) in [6, 6.07) is 11.5. The van der Waals surface area contributed by atoms with Crippen molar-refractivity contribution in [3.8, 4) is 11.5 Å². The zero-order chi connectivity index (χ0) is 18.1. The van der Waals surface area contributed by atoms with Crippen molar-refractivity contribution in [3.05, 3.63) is 63.7 Å². The molecule has 0 radical (unpaired) electrons. The van der Waals surface area contributed by atoms with Gasteiger partial charge in [-0.15, -0.1) is 0 Å². The lowest BCUT2D eigenvalue weighted by molar-refractivity contribution is -0.384. The van der Waals surface area contributed by atoms with Crippen molar-refractivity contribution in [3.63, 3.8) is 0 Å². The van der Waals surface area contributed by atoms with Crippen molar-refractivity contribution < 1.29 is 19.2 Å². The fourth-order valence-electron chi connectivity index (χ4n) is 3.52. The third kappa shape index (κ3) is 2.96. The fourth-order valence-corrected chi connectivity index (χ4v) is 3.52. The van der Waals surface area contributed by atoms with Crippen molar-refractivity contribution in [2.45, 2.75) is 18.9 Å². The zero-order valence-electron chi connectivity index (χ0n) is 14.1. The molecule has 1 amide bonds. The summed E-state index contributed by atoms with van der Waals surface area (Å²) in [6.45, 7) is 1.72. The number of hydrogen-bond donors (Lipinski definition) is 0. The van der Waals surface area contributed by atoms with Crippen LogP contribution in [0.15, 0.2) is 42.5 Å². The van der Waals surface area contributed by atoms with Crippen LogP contribution in [0.2, 0.25) is 0 Å². The molecule has 2 aliphatic rings. The van der Waals surface area contributed by atoms with Gasteiger partial charge in [0.05, 0.1) is 11.0 Å². The first-order chi connectivity index (χ1) is 12.6. The Morgan fingerprint density at radius 1 is 1.08 bits per heavy atom. The van der Waals surface area contributed by atoms with Gasteiger partial charge in [0.1, 0.15) is 13.2 Å². The summed E-state index contributed by atoms with van der Waals surface area (Å²) in [4.78, 5) is 25.0. The molecule has 7 nitrogen and oxygen atoms in total. The second-order valence-corrected chi connectivity index (χ2v) is 6.36. The fraction of sp³-hybridized carbons (Fsp3) is 0.316. The molecule has 26 heavy (non-hydrogen) atoms. The third-order valence-corrected chi connectivity index (χ3v) is 4.79. The van der Waals surface area contributed by atoms with Crippen LogP contribution in [0.1, 0.15) is 34.8 Å². The molecular weight excluding hydrogens is 336 g/mol. The van der Waals surface area contributed by atoms with Gasteiger partial charge in [0, 0.05) is 24.2 Å². The molecule has 1 saturated heterocycles. The lowest BCUT2D eigenvalue weighted by atomic mass is 10.0. The maximum atomic E-state index is 12.9. The molecule has 1 fully saturated rings. The van der Waals surface area contributed by atoms with Crippen LogP contribution in [-0.4, -0.2) is 35.5 Å². The van der Waals surface area contributed by atoms with Crippen molar-refractivity contribution >= 4 is 11.6 Å².